The second-order valence-electron chi connectivity index (χ2n) is 5.79. The highest BCUT2D eigenvalue weighted by Crippen LogP contribution is 2.28. The van der Waals surface area contributed by atoms with Crippen LogP contribution in [0.1, 0.15) is 18.1 Å². The lowest BCUT2D eigenvalue weighted by molar-refractivity contribution is -0.137. The van der Waals surface area contributed by atoms with Gasteiger partial charge in [-0.3, -0.25) is 15.1 Å². The van der Waals surface area contributed by atoms with Crippen molar-refractivity contribution in [2.24, 2.45) is 0 Å². The van der Waals surface area contributed by atoms with E-state index < -0.39 is 17.8 Å². The molecule has 2 amide bonds. The molecule has 1 aromatic heterocycles. The van der Waals surface area contributed by atoms with Gasteiger partial charge >= 0.3 is 12.3 Å². The molecular formula is C18H18ClF3N4O3. The van der Waals surface area contributed by atoms with E-state index in [4.69, 9.17) is 16.3 Å². The minimum absolute atomic E-state index is 0.0493. The first-order chi connectivity index (χ1) is 13.7. The van der Waals surface area contributed by atoms with Gasteiger partial charge in [0.2, 0.25) is 5.91 Å². The average molecular weight is 431 g/mol. The van der Waals surface area contributed by atoms with Gasteiger partial charge in [-0.1, -0.05) is 29.8 Å². The summed E-state index contributed by atoms with van der Waals surface area (Å²) >= 11 is 6.06. The van der Waals surface area contributed by atoms with Crippen molar-refractivity contribution in [1.82, 2.24) is 15.4 Å². The summed E-state index contributed by atoms with van der Waals surface area (Å²) in [4.78, 5) is 26.9. The van der Waals surface area contributed by atoms with Crippen LogP contribution in [0, 0.1) is 0 Å². The lowest BCUT2D eigenvalue weighted by atomic mass is 10.2. The Bertz CT molecular complexity index is 847. The zero-order valence-electron chi connectivity index (χ0n) is 15.3. The maximum atomic E-state index is 12.5. The van der Waals surface area contributed by atoms with Gasteiger partial charge in [0.25, 0.3) is 0 Å². The van der Waals surface area contributed by atoms with Crippen LogP contribution in [0.25, 0.3) is 0 Å². The summed E-state index contributed by atoms with van der Waals surface area (Å²) < 4.78 is 42.4. The highest BCUT2D eigenvalue weighted by molar-refractivity contribution is 6.31. The molecule has 1 aromatic carbocycles. The van der Waals surface area contributed by atoms with Crippen LogP contribution in [-0.2, 0) is 22.3 Å². The molecule has 0 aliphatic rings. The molecule has 2 aromatic rings. The Morgan fingerprint density at radius 1 is 1.21 bits per heavy atom. The number of carbonyl (C=O) groups is 2. The minimum atomic E-state index is -4.51. The molecule has 7 nitrogen and oxygen atoms in total. The Kier molecular flexibility index (Phi) is 7.80. The molecule has 0 aliphatic carbocycles. The lowest BCUT2D eigenvalue weighted by Crippen LogP contribution is -2.43. The molecule has 0 fully saturated rings. The summed E-state index contributed by atoms with van der Waals surface area (Å²) in [7, 11) is 0. The van der Waals surface area contributed by atoms with Crippen molar-refractivity contribution in [3.8, 4) is 0 Å². The van der Waals surface area contributed by atoms with Gasteiger partial charge in [0.15, 0.2) is 0 Å². The second-order valence-corrected chi connectivity index (χ2v) is 6.19. The summed E-state index contributed by atoms with van der Waals surface area (Å²) in [5.41, 5.74) is 2.74. The molecule has 0 spiro atoms. The van der Waals surface area contributed by atoms with Crippen LogP contribution in [0.15, 0.2) is 42.6 Å². The van der Waals surface area contributed by atoms with E-state index in [0.29, 0.717) is 17.8 Å². The monoisotopic (exact) mass is 430 g/mol. The third kappa shape index (κ3) is 7.24. The normalized spacial score (nSPS) is 11.1. The number of amides is 2. The molecular weight excluding hydrogens is 413 g/mol. The predicted octanol–water partition coefficient (Wildman–Crippen LogP) is 3.86. The average Bonchev–Trinajstić information content (AvgIpc) is 2.65. The van der Waals surface area contributed by atoms with Crippen LogP contribution in [-0.4, -0.2) is 35.1 Å². The molecule has 0 atom stereocenters. The smallest absolute Gasteiger partial charge is 0.417 e. The molecule has 156 valence electrons. The Hall–Kier alpha value is -2.85. The molecule has 0 saturated carbocycles. The van der Waals surface area contributed by atoms with Gasteiger partial charge in [-0.2, -0.15) is 13.2 Å². The number of hydrazine groups is 1. The van der Waals surface area contributed by atoms with Crippen molar-refractivity contribution in [1.29, 1.82) is 0 Å². The number of hydrogen-bond acceptors (Lipinski definition) is 5. The van der Waals surface area contributed by atoms with E-state index in [1.54, 1.807) is 18.2 Å². The van der Waals surface area contributed by atoms with E-state index in [9.17, 15) is 22.8 Å². The van der Waals surface area contributed by atoms with Crippen molar-refractivity contribution >= 4 is 29.4 Å². The number of aromatic nitrogens is 1. The number of nitrogens with zero attached hydrogens (tertiary/aromatic N) is 2. The Morgan fingerprint density at radius 2 is 1.93 bits per heavy atom. The molecule has 0 bridgehead atoms. The standard InChI is InChI=1S/C18H18ClF3N4O3/c1-12(27)26(24-10-13-4-2-3-5-15(13)19)8-9-29-17(28)25-16-7-6-14(11-23-16)18(20,21)22/h2-7,11,24H,8-10H2,1H3,(H,23,25,28). The van der Waals surface area contributed by atoms with Crippen molar-refractivity contribution in [2.75, 3.05) is 18.5 Å². The third-order valence-electron chi connectivity index (χ3n) is 3.67. The van der Waals surface area contributed by atoms with Gasteiger partial charge in [0.05, 0.1) is 12.1 Å². The topological polar surface area (TPSA) is 83.6 Å². The van der Waals surface area contributed by atoms with Crippen LogP contribution in [0.2, 0.25) is 5.02 Å². The van der Waals surface area contributed by atoms with Gasteiger partial charge < -0.3 is 4.74 Å². The van der Waals surface area contributed by atoms with Crippen molar-refractivity contribution in [3.63, 3.8) is 0 Å². The largest absolute Gasteiger partial charge is 0.447 e. The Morgan fingerprint density at radius 3 is 2.52 bits per heavy atom. The summed E-state index contributed by atoms with van der Waals surface area (Å²) in [6, 6.07) is 8.92. The van der Waals surface area contributed by atoms with E-state index in [1.807, 2.05) is 6.07 Å². The lowest BCUT2D eigenvalue weighted by Gasteiger charge is -2.22. The fourth-order valence-corrected chi connectivity index (χ4v) is 2.38. The first-order valence-electron chi connectivity index (χ1n) is 8.39. The van der Waals surface area contributed by atoms with E-state index in [-0.39, 0.29) is 24.9 Å². The molecule has 1 heterocycles. The quantitative estimate of drug-likeness (QED) is 0.652. The van der Waals surface area contributed by atoms with E-state index in [2.05, 4.69) is 15.7 Å². The summed E-state index contributed by atoms with van der Waals surface area (Å²) in [5, 5.41) is 4.01. The number of nitrogens with one attached hydrogen (secondary N) is 2. The van der Waals surface area contributed by atoms with Crippen LogP contribution in [0.4, 0.5) is 23.8 Å². The zero-order chi connectivity index (χ0) is 21.4. The van der Waals surface area contributed by atoms with Crippen LogP contribution in [0.3, 0.4) is 0 Å². The maximum Gasteiger partial charge on any atom is 0.417 e. The molecule has 0 unspecified atom stereocenters. The summed E-state index contributed by atoms with van der Waals surface area (Å²) in [5.74, 6) is -0.395. The van der Waals surface area contributed by atoms with Gasteiger partial charge in [-0.25, -0.2) is 15.2 Å². The molecule has 0 radical (unpaired) electrons. The maximum absolute atomic E-state index is 12.5. The molecule has 29 heavy (non-hydrogen) atoms. The van der Waals surface area contributed by atoms with Gasteiger partial charge in [-0.15, -0.1) is 0 Å². The highest BCUT2D eigenvalue weighted by Gasteiger charge is 2.30. The molecule has 2 N–H and O–H groups in total. The van der Waals surface area contributed by atoms with Crippen molar-refractivity contribution < 1.29 is 27.5 Å². The van der Waals surface area contributed by atoms with Crippen molar-refractivity contribution in [3.05, 3.63) is 58.7 Å². The van der Waals surface area contributed by atoms with Crippen LogP contribution in [0.5, 0.6) is 0 Å². The number of alkyl halides is 3. The number of halogens is 4. The van der Waals surface area contributed by atoms with E-state index in [0.717, 1.165) is 17.7 Å². The first kappa shape index (κ1) is 22.4. The number of benzene rings is 1. The SMILES string of the molecule is CC(=O)N(CCOC(=O)Nc1ccc(C(F)(F)F)cn1)NCc1ccccc1Cl. The third-order valence-corrected chi connectivity index (χ3v) is 4.04. The van der Waals surface area contributed by atoms with Crippen molar-refractivity contribution in [2.45, 2.75) is 19.6 Å². The Labute approximate surface area is 169 Å². The summed E-state index contributed by atoms with van der Waals surface area (Å²) in [6.45, 7) is 1.53. The number of anilines is 1. The second kappa shape index (κ2) is 10.1. The number of rotatable bonds is 7. The predicted molar refractivity (Wildman–Crippen MR) is 99.9 cm³/mol. The fraction of sp³-hybridized carbons (Fsp3) is 0.278. The van der Waals surface area contributed by atoms with Gasteiger partial charge in [-0.05, 0) is 23.8 Å². The van der Waals surface area contributed by atoms with E-state index >= 15 is 0 Å². The molecule has 0 saturated heterocycles. The minimum Gasteiger partial charge on any atom is -0.447 e. The Balaban J connectivity index is 1.79. The number of pyridine rings is 1. The first-order valence-corrected chi connectivity index (χ1v) is 8.76. The zero-order valence-corrected chi connectivity index (χ0v) is 16.0. The fourth-order valence-electron chi connectivity index (χ4n) is 2.18. The van der Waals surface area contributed by atoms with Crippen LogP contribution < -0.4 is 10.7 Å². The van der Waals surface area contributed by atoms with Gasteiger partial charge in [0, 0.05) is 24.7 Å². The molecule has 11 heteroatoms. The van der Waals surface area contributed by atoms with Crippen LogP contribution >= 0.6 is 11.6 Å². The highest BCUT2D eigenvalue weighted by atomic mass is 35.5. The number of carbonyl (C=O) groups excluding carboxylic acids is 2. The summed E-state index contributed by atoms with van der Waals surface area (Å²) in [6.07, 6.45) is -4.82. The number of hydrogen-bond donors (Lipinski definition) is 2. The number of ether oxygens (including phenoxy) is 1. The molecule has 2 rings (SSSR count). The van der Waals surface area contributed by atoms with Gasteiger partial charge in [0.1, 0.15) is 12.4 Å². The molecule has 0 aliphatic heterocycles. The van der Waals surface area contributed by atoms with E-state index in [1.165, 1.54) is 11.9 Å².